The maximum atomic E-state index is 5.66. The van der Waals surface area contributed by atoms with Gasteiger partial charge in [0.05, 0.1) is 0 Å². The Labute approximate surface area is 112 Å². The fourth-order valence-corrected chi connectivity index (χ4v) is 2.03. The lowest BCUT2D eigenvalue weighted by Gasteiger charge is -1.96. The van der Waals surface area contributed by atoms with E-state index < -0.39 is 0 Å². The zero-order valence-electron chi connectivity index (χ0n) is 9.43. The molecule has 0 aliphatic heterocycles. The molecule has 2 N–H and O–H groups in total. The zero-order chi connectivity index (χ0) is 12.5. The molecule has 1 aromatic carbocycles. The van der Waals surface area contributed by atoms with Gasteiger partial charge in [0.25, 0.3) is 0 Å². The van der Waals surface area contributed by atoms with Gasteiger partial charge in [-0.1, -0.05) is 22.0 Å². The second-order valence-corrected chi connectivity index (χ2v) is 4.80. The van der Waals surface area contributed by atoms with Crippen LogP contribution in [0.25, 0.3) is 22.7 Å². The zero-order valence-corrected chi connectivity index (χ0v) is 11.0. The van der Waals surface area contributed by atoms with Crippen LogP contribution in [0.2, 0.25) is 0 Å². The smallest absolute Gasteiger partial charge is 0.246 e. The number of rotatable bonds is 2. The number of fused-ring (bicyclic) bond motifs is 1. The van der Waals surface area contributed by atoms with Crippen molar-refractivity contribution in [3.8, 4) is 11.6 Å². The third kappa shape index (κ3) is 2.02. The van der Waals surface area contributed by atoms with E-state index in [1.165, 1.54) is 0 Å². The first-order chi connectivity index (χ1) is 8.76. The van der Waals surface area contributed by atoms with Crippen LogP contribution in [0.5, 0.6) is 0 Å². The van der Waals surface area contributed by atoms with Gasteiger partial charge in [-0.15, -0.1) is 0 Å². The Bertz CT molecular complexity index is 691. The molecule has 0 atom stereocenters. The van der Waals surface area contributed by atoms with Crippen molar-refractivity contribution in [2.45, 2.75) is 6.54 Å². The van der Waals surface area contributed by atoms with Crippen LogP contribution in [0.15, 0.2) is 45.4 Å². The average molecular weight is 304 g/mol. The van der Waals surface area contributed by atoms with E-state index in [4.69, 9.17) is 10.2 Å². The van der Waals surface area contributed by atoms with E-state index in [0.717, 1.165) is 21.1 Å². The number of aromatic nitrogens is 2. The van der Waals surface area contributed by atoms with Crippen LogP contribution in [0.4, 0.5) is 0 Å². The topological polar surface area (TPSA) is 64.9 Å². The first-order valence-corrected chi connectivity index (χ1v) is 6.27. The number of hydrogen-bond donors (Lipinski definition) is 1. The van der Waals surface area contributed by atoms with Gasteiger partial charge in [-0.2, -0.15) is 0 Å². The lowest BCUT2D eigenvalue weighted by atomic mass is 10.2. The fourth-order valence-electron chi connectivity index (χ4n) is 1.68. The van der Waals surface area contributed by atoms with E-state index in [0.29, 0.717) is 18.1 Å². The molecule has 90 valence electrons. The standard InChI is InChI=1S/C13H10BrN3O/c14-9-2-4-12-11(5-9)17-13(18-12)10-3-1-8(6-15)7-16-10/h1-5,7H,6,15H2. The van der Waals surface area contributed by atoms with Gasteiger partial charge < -0.3 is 10.2 Å². The monoisotopic (exact) mass is 303 g/mol. The van der Waals surface area contributed by atoms with Gasteiger partial charge in [-0.3, -0.25) is 4.98 Å². The molecule has 0 amide bonds. The highest BCUT2D eigenvalue weighted by Crippen LogP contribution is 2.25. The molecule has 0 unspecified atom stereocenters. The summed E-state index contributed by atoms with van der Waals surface area (Å²) in [7, 11) is 0. The highest BCUT2D eigenvalue weighted by Gasteiger charge is 2.09. The molecule has 4 nitrogen and oxygen atoms in total. The third-order valence-corrected chi connectivity index (χ3v) is 3.12. The highest BCUT2D eigenvalue weighted by atomic mass is 79.9. The summed E-state index contributed by atoms with van der Waals surface area (Å²) in [6.07, 6.45) is 1.74. The molecular weight excluding hydrogens is 294 g/mol. The number of hydrogen-bond acceptors (Lipinski definition) is 4. The van der Waals surface area contributed by atoms with Gasteiger partial charge in [0.2, 0.25) is 5.89 Å². The van der Waals surface area contributed by atoms with Gasteiger partial charge in [-0.25, -0.2) is 4.98 Å². The molecule has 0 saturated heterocycles. The molecule has 2 heterocycles. The summed E-state index contributed by atoms with van der Waals surface area (Å²) in [4.78, 5) is 8.70. The molecule has 0 fully saturated rings. The van der Waals surface area contributed by atoms with Gasteiger partial charge in [0.1, 0.15) is 11.2 Å². The minimum atomic E-state index is 0.480. The van der Waals surface area contributed by atoms with Crippen LogP contribution < -0.4 is 5.73 Å². The van der Waals surface area contributed by atoms with E-state index in [9.17, 15) is 0 Å². The van der Waals surface area contributed by atoms with Crippen molar-refractivity contribution >= 4 is 27.0 Å². The second kappa shape index (κ2) is 4.51. The lowest BCUT2D eigenvalue weighted by molar-refractivity contribution is 0.616. The minimum Gasteiger partial charge on any atom is -0.435 e. The Balaban J connectivity index is 2.07. The first kappa shape index (κ1) is 11.4. The molecule has 0 bridgehead atoms. The Hall–Kier alpha value is -1.72. The predicted octanol–water partition coefficient (Wildman–Crippen LogP) is 3.11. The van der Waals surface area contributed by atoms with Crippen LogP contribution in [0.1, 0.15) is 5.56 Å². The second-order valence-electron chi connectivity index (χ2n) is 3.89. The summed E-state index contributed by atoms with van der Waals surface area (Å²) in [5.74, 6) is 0.520. The Morgan fingerprint density at radius 2 is 2.11 bits per heavy atom. The Morgan fingerprint density at radius 1 is 1.22 bits per heavy atom. The average Bonchev–Trinajstić information content (AvgIpc) is 2.81. The van der Waals surface area contributed by atoms with E-state index in [1.54, 1.807) is 6.20 Å². The largest absolute Gasteiger partial charge is 0.435 e. The van der Waals surface area contributed by atoms with E-state index in [2.05, 4.69) is 25.9 Å². The van der Waals surface area contributed by atoms with Crippen molar-refractivity contribution in [1.82, 2.24) is 9.97 Å². The molecule has 0 spiro atoms. The van der Waals surface area contributed by atoms with E-state index >= 15 is 0 Å². The van der Waals surface area contributed by atoms with Crippen molar-refractivity contribution in [3.05, 3.63) is 46.6 Å². The van der Waals surface area contributed by atoms with Crippen LogP contribution in [-0.2, 0) is 6.54 Å². The van der Waals surface area contributed by atoms with Crippen molar-refractivity contribution in [2.24, 2.45) is 5.73 Å². The number of halogens is 1. The van der Waals surface area contributed by atoms with E-state index in [1.807, 2.05) is 30.3 Å². The summed E-state index contributed by atoms with van der Waals surface area (Å²) in [6.45, 7) is 0.480. The summed E-state index contributed by atoms with van der Waals surface area (Å²) < 4.78 is 6.63. The lowest BCUT2D eigenvalue weighted by Crippen LogP contribution is -1.96. The number of benzene rings is 1. The molecule has 3 rings (SSSR count). The van der Waals surface area contributed by atoms with Crippen molar-refractivity contribution < 1.29 is 4.42 Å². The van der Waals surface area contributed by atoms with Crippen molar-refractivity contribution in [1.29, 1.82) is 0 Å². The molecule has 18 heavy (non-hydrogen) atoms. The van der Waals surface area contributed by atoms with Crippen molar-refractivity contribution in [2.75, 3.05) is 0 Å². The van der Waals surface area contributed by atoms with Crippen LogP contribution >= 0.6 is 15.9 Å². The summed E-state index contributed by atoms with van der Waals surface area (Å²) in [5, 5.41) is 0. The summed E-state index contributed by atoms with van der Waals surface area (Å²) >= 11 is 3.41. The molecule has 0 aliphatic carbocycles. The Morgan fingerprint density at radius 3 is 2.83 bits per heavy atom. The Kier molecular flexibility index (Phi) is 2.85. The van der Waals surface area contributed by atoms with Gasteiger partial charge in [-0.05, 0) is 29.8 Å². The molecular formula is C13H10BrN3O. The molecule has 2 aromatic heterocycles. The first-order valence-electron chi connectivity index (χ1n) is 5.48. The predicted molar refractivity (Wildman–Crippen MR) is 72.8 cm³/mol. The fraction of sp³-hybridized carbons (Fsp3) is 0.0769. The molecule has 0 aliphatic rings. The summed E-state index contributed by atoms with van der Waals surface area (Å²) in [6, 6.07) is 9.50. The molecule has 0 radical (unpaired) electrons. The quantitative estimate of drug-likeness (QED) is 0.790. The maximum absolute atomic E-state index is 5.66. The number of nitrogens with two attached hydrogens (primary N) is 1. The third-order valence-electron chi connectivity index (χ3n) is 2.63. The van der Waals surface area contributed by atoms with Crippen molar-refractivity contribution in [3.63, 3.8) is 0 Å². The maximum Gasteiger partial charge on any atom is 0.246 e. The molecule has 5 heteroatoms. The summed E-state index contributed by atoms with van der Waals surface area (Å²) in [5.41, 5.74) is 8.78. The SMILES string of the molecule is NCc1ccc(-c2nc3cc(Br)ccc3o2)nc1. The van der Waals surface area contributed by atoms with E-state index in [-0.39, 0.29) is 0 Å². The normalized spacial score (nSPS) is 11.0. The van der Waals surface area contributed by atoms with Crippen LogP contribution in [0, 0.1) is 0 Å². The van der Waals surface area contributed by atoms with Gasteiger partial charge in [0.15, 0.2) is 5.58 Å². The van der Waals surface area contributed by atoms with Crippen LogP contribution in [0.3, 0.4) is 0 Å². The van der Waals surface area contributed by atoms with Crippen LogP contribution in [-0.4, -0.2) is 9.97 Å². The van der Waals surface area contributed by atoms with Gasteiger partial charge >= 0.3 is 0 Å². The number of oxazole rings is 1. The number of nitrogens with zero attached hydrogens (tertiary/aromatic N) is 2. The minimum absolute atomic E-state index is 0.480. The van der Waals surface area contributed by atoms with Gasteiger partial charge in [0, 0.05) is 17.2 Å². The molecule has 3 aromatic rings. The molecule has 0 saturated carbocycles. The number of pyridine rings is 1. The highest BCUT2D eigenvalue weighted by molar-refractivity contribution is 9.10.